The van der Waals surface area contributed by atoms with E-state index in [9.17, 15) is 8.42 Å². The zero-order valence-electron chi connectivity index (χ0n) is 16.1. The van der Waals surface area contributed by atoms with Crippen LogP contribution < -0.4 is 13.8 Å². The van der Waals surface area contributed by atoms with Gasteiger partial charge < -0.3 is 9.47 Å². The molecule has 3 aromatic rings. The lowest BCUT2D eigenvalue weighted by atomic mass is 10.2. The van der Waals surface area contributed by atoms with Crippen LogP contribution in [0.5, 0.6) is 11.5 Å². The molecule has 0 atom stereocenters. The van der Waals surface area contributed by atoms with Crippen LogP contribution in [0.4, 0.5) is 5.69 Å². The molecular formula is C22H23NO4S. The van der Waals surface area contributed by atoms with Crippen molar-refractivity contribution in [3.05, 3.63) is 83.9 Å². The average Bonchev–Trinajstić information content (AvgIpc) is 2.72. The van der Waals surface area contributed by atoms with Crippen molar-refractivity contribution in [3.8, 4) is 11.5 Å². The summed E-state index contributed by atoms with van der Waals surface area (Å²) in [5.41, 5.74) is 2.49. The lowest BCUT2D eigenvalue weighted by Gasteiger charge is -2.25. The SMILES string of the molecule is COc1ccc(S(=O)(=O)N(Cc2ccccc2)c2cccc(C)c2)cc1OC. The summed E-state index contributed by atoms with van der Waals surface area (Å²) in [5, 5.41) is 0. The van der Waals surface area contributed by atoms with Gasteiger partial charge in [-0.1, -0.05) is 42.5 Å². The van der Waals surface area contributed by atoms with Gasteiger partial charge >= 0.3 is 0 Å². The first-order valence-corrected chi connectivity index (χ1v) is 10.2. The van der Waals surface area contributed by atoms with Gasteiger partial charge in [-0.05, 0) is 42.3 Å². The van der Waals surface area contributed by atoms with Crippen LogP contribution in [0, 0.1) is 6.92 Å². The number of hydrogen-bond acceptors (Lipinski definition) is 4. The van der Waals surface area contributed by atoms with Crippen LogP contribution >= 0.6 is 0 Å². The zero-order valence-corrected chi connectivity index (χ0v) is 16.9. The summed E-state index contributed by atoms with van der Waals surface area (Å²) < 4.78 is 39.0. The molecule has 0 aliphatic rings. The summed E-state index contributed by atoms with van der Waals surface area (Å²) in [6.45, 7) is 2.16. The molecule has 0 saturated carbocycles. The predicted octanol–water partition coefficient (Wildman–Crippen LogP) is 4.41. The molecule has 3 aromatic carbocycles. The Labute approximate surface area is 166 Å². The Bertz CT molecular complexity index is 1050. The van der Waals surface area contributed by atoms with Crippen LogP contribution in [0.1, 0.15) is 11.1 Å². The third-order valence-electron chi connectivity index (χ3n) is 4.40. The fraction of sp³-hybridized carbons (Fsp3) is 0.182. The summed E-state index contributed by atoms with van der Waals surface area (Å²) in [6, 6.07) is 21.6. The van der Waals surface area contributed by atoms with Crippen LogP contribution in [-0.4, -0.2) is 22.6 Å². The summed E-state index contributed by atoms with van der Waals surface area (Å²) in [6.07, 6.45) is 0. The van der Waals surface area contributed by atoms with Gasteiger partial charge in [-0.2, -0.15) is 0 Å². The quantitative estimate of drug-likeness (QED) is 0.593. The molecule has 0 bridgehead atoms. The summed E-state index contributed by atoms with van der Waals surface area (Å²) >= 11 is 0. The zero-order chi connectivity index (χ0) is 20.1. The molecule has 0 aromatic heterocycles. The van der Waals surface area contributed by atoms with Gasteiger partial charge in [0.15, 0.2) is 11.5 Å². The van der Waals surface area contributed by atoms with E-state index in [1.54, 1.807) is 12.1 Å². The maximum absolute atomic E-state index is 13.5. The number of rotatable bonds is 7. The first kappa shape index (κ1) is 19.8. The number of anilines is 1. The Balaban J connectivity index is 2.10. The minimum atomic E-state index is -3.83. The Kier molecular flexibility index (Phi) is 5.90. The van der Waals surface area contributed by atoms with Gasteiger partial charge in [-0.15, -0.1) is 0 Å². The molecule has 0 aliphatic carbocycles. The predicted molar refractivity (Wildman–Crippen MR) is 111 cm³/mol. The van der Waals surface area contributed by atoms with Gasteiger partial charge in [-0.25, -0.2) is 8.42 Å². The van der Waals surface area contributed by atoms with E-state index in [2.05, 4.69) is 0 Å². The average molecular weight is 397 g/mol. The first-order chi connectivity index (χ1) is 13.5. The number of aryl methyl sites for hydroxylation is 1. The molecule has 0 aliphatic heterocycles. The molecule has 5 nitrogen and oxygen atoms in total. The highest BCUT2D eigenvalue weighted by Gasteiger charge is 2.26. The topological polar surface area (TPSA) is 55.8 Å². The molecule has 0 saturated heterocycles. The second-order valence-corrected chi connectivity index (χ2v) is 8.22. The third kappa shape index (κ3) is 4.12. The van der Waals surface area contributed by atoms with E-state index in [0.717, 1.165) is 11.1 Å². The van der Waals surface area contributed by atoms with Crippen LogP contribution in [0.15, 0.2) is 77.7 Å². The van der Waals surface area contributed by atoms with Crippen molar-refractivity contribution in [2.24, 2.45) is 0 Å². The van der Waals surface area contributed by atoms with Crippen molar-refractivity contribution in [1.82, 2.24) is 0 Å². The monoisotopic (exact) mass is 397 g/mol. The molecule has 0 amide bonds. The van der Waals surface area contributed by atoms with E-state index in [1.165, 1.54) is 30.7 Å². The summed E-state index contributed by atoms with van der Waals surface area (Å²) in [7, 11) is -0.832. The molecule has 0 fully saturated rings. The number of sulfonamides is 1. The van der Waals surface area contributed by atoms with Crippen molar-refractivity contribution in [1.29, 1.82) is 0 Å². The number of methoxy groups -OCH3 is 2. The number of ether oxygens (including phenoxy) is 2. The largest absolute Gasteiger partial charge is 0.493 e. The van der Waals surface area contributed by atoms with Crippen LogP contribution in [-0.2, 0) is 16.6 Å². The molecule has 3 rings (SSSR count). The highest BCUT2D eigenvalue weighted by molar-refractivity contribution is 7.92. The van der Waals surface area contributed by atoms with Gasteiger partial charge in [0.05, 0.1) is 31.3 Å². The normalized spacial score (nSPS) is 11.1. The molecule has 6 heteroatoms. The van der Waals surface area contributed by atoms with Crippen LogP contribution in [0.3, 0.4) is 0 Å². The lowest BCUT2D eigenvalue weighted by Crippen LogP contribution is -2.30. The molecular weight excluding hydrogens is 374 g/mol. The Morgan fingerprint density at radius 1 is 0.821 bits per heavy atom. The third-order valence-corrected chi connectivity index (χ3v) is 6.17. The van der Waals surface area contributed by atoms with Crippen LogP contribution in [0.2, 0.25) is 0 Å². The minimum absolute atomic E-state index is 0.141. The fourth-order valence-corrected chi connectivity index (χ4v) is 4.41. The smallest absolute Gasteiger partial charge is 0.264 e. The van der Waals surface area contributed by atoms with Gasteiger partial charge in [0.25, 0.3) is 10.0 Å². The summed E-state index contributed by atoms with van der Waals surface area (Å²) in [4.78, 5) is 0.141. The first-order valence-electron chi connectivity index (χ1n) is 8.81. The molecule has 146 valence electrons. The van der Waals surface area contributed by atoms with Gasteiger partial charge in [-0.3, -0.25) is 4.31 Å². The highest BCUT2D eigenvalue weighted by atomic mass is 32.2. The van der Waals surface area contributed by atoms with E-state index in [4.69, 9.17) is 9.47 Å². The van der Waals surface area contributed by atoms with E-state index in [1.807, 2.05) is 55.5 Å². The summed E-state index contributed by atoms with van der Waals surface area (Å²) in [5.74, 6) is 0.846. The molecule has 0 heterocycles. The van der Waals surface area contributed by atoms with E-state index in [0.29, 0.717) is 17.2 Å². The Morgan fingerprint density at radius 2 is 1.54 bits per heavy atom. The van der Waals surface area contributed by atoms with Crippen molar-refractivity contribution in [3.63, 3.8) is 0 Å². The maximum Gasteiger partial charge on any atom is 0.264 e. The van der Waals surface area contributed by atoms with E-state index in [-0.39, 0.29) is 11.4 Å². The lowest BCUT2D eigenvalue weighted by molar-refractivity contribution is 0.354. The van der Waals surface area contributed by atoms with Crippen LogP contribution in [0.25, 0.3) is 0 Å². The van der Waals surface area contributed by atoms with Crippen molar-refractivity contribution >= 4 is 15.7 Å². The van der Waals surface area contributed by atoms with Gasteiger partial charge in [0, 0.05) is 6.07 Å². The van der Waals surface area contributed by atoms with Crippen molar-refractivity contribution < 1.29 is 17.9 Å². The minimum Gasteiger partial charge on any atom is -0.493 e. The Morgan fingerprint density at radius 3 is 2.18 bits per heavy atom. The number of hydrogen-bond donors (Lipinski definition) is 0. The second-order valence-electron chi connectivity index (χ2n) is 6.35. The standard InChI is InChI=1S/C22H23NO4S/c1-17-8-7-11-19(14-17)23(16-18-9-5-4-6-10-18)28(24,25)20-12-13-21(26-2)22(15-20)27-3/h4-15H,16H2,1-3H3. The molecule has 28 heavy (non-hydrogen) atoms. The maximum atomic E-state index is 13.5. The highest BCUT2D eigenvalue weighted by Crippen LogP contribution is 2.33. The molecule has 0 unspecified atom stereocenters. The molecule has 0 N–H and O–H groups in total. The molecule has 0 spiro atoms. The van der Waals surface area contributed by atoms with Gasteiger partial charge in [0.1, 0.15) is 0 Å². The Hall–Kier alpha value is -2.99. The fourth-order valence-electron chi connectivity index (χ4n) is 2.95. The van der Waals surface area contributed by atoms with Crippen molar-refractivity contribution in [2.75, 3.05) is 18.5 Å². The van der Waals surface area contributed by atoms with E-state index < -0.39 is 10.0 Å². The van der Waals surface area contributed by atoms with Gasteiger partial charge in [0.2, 0.25) is 0 Å². The van der Waals surface area contributed by atoms with E-state index >= 15 is 0 Å². The molecule has 0 radical (unpaired) electrons. The number of nitrogens with zero attached hydrogens (tertiary/aromatic N) is 1. The second kappa shape index (κ2) is 8.35. The van der Waals surface area contributed by atoms with Crippen molar-refractivity contribution in [2.45, 2.75) is 18.4 Å². The number of benzene rings is 3.